The van der Waals surface area contributed by atoms with Gasteiger partial charge in [-0.2, -0.15) is 0 Å². The first-order valence-electron chi connectivity index (χ1n) is 8.38. The molecule has 0 saturated carbocycles. The van der Waals surface area contributed by atoms with Gasteiger partial charge in [0, 0.05) is 30.1 Å². The normalized spacial score (nSPS) is 20.9. The van der Waals surface area contributed by atoms with Gasteiger partial charge in [0.2, 0.25) is 5.91 Å². The molecule has 1 aromatic carbocycles. The maximum Gasteiger partial charge on any atom is 0.223 e. The lowest BCUT2D eigenvalue weighted by molar-refractivity contribution is -0.157. The number of H-pyrrole nitrogens is 1. The van der Waals surface area contributed by atoms with Crippen LogP contribution in [-0.4, -0.2) is 40.6 Å². The summed E-state index contributed by atoms with van der Waals surface area (Å²) in [6, 6.07) is 6.49. The summed E-state index contributed by atoms with van der Waals surface area (Å²) in [5.41, 5.74) is 3.33. The number of hydrogen-bond acceptors (Lipinski definition) is 2. The van der Waals surface area contributed by atoms with Gasteiger partial charge in [-0.05, 0) is 51.8 Å². The zero-order valence-corrected chi connectivity index (χ0v) is 14.5. The number of amides is 1. The molecule has 0 aliphatic carbocycles. The third-order valence-corrected chi connectivity index (χ3v) is 5.13. The van der Waals surface area contributed by atoms with E-state index in [1.54, 1.807) is 0 Å². The third-order valence-electron chi connectivity index (χ3n) is 5.13. The second-order valence-electron chi connectivity index (χ2n) is 7.08. The Morgan fingerprint density at radius 2 is 2.22 bits per heavy atom. The maximum absolute atomic E-state index is 12.7. The maximum atomic E-state index is 12.7. The van der Waals surface area contributed by atoms with Crippen molar-refractivity contribution in [3.8, 4) is 0 Å². The van der Waals surface area contributed by atoms with Crippen LogP contribution in [0, 0.1) is 6.92 Å². The summed E-state index contributed by atoms with van der Waals surface area (Å²) in [6.45, 7) is 9.59. The number of aromatic amines is 1. The molecule has 1 fully saturated rings. The molecule has 2 aromatic rings. The van der Waals surface area contributed by atoms with Crippen LogP contribution in [0.4, 0.5) is 0 Å². The van der Waals surface area contributed by atoms with Crippen molar-refractivity contribution in [3.63, 3.8) is 0 Å². The number of aryl methyl sites for hydroxylation is 2. The minimum absolute atomic E-state index is 0.106. The van der Waals surface area contributed by atoms with Crippen molar-refractivity contribution in [2.45, 2.75) is 52.2 Å². The van der Waals surface area contributed by atoms with Crippen molar-refractivity contribution < 1.29 is 9.53 Å². The molecule has 1 aliphatic rings. The van der Waals surface area contributed by atoms with E-state index < -0.39 is 0 Å². The predicted octanol–water partition coefficient (Wildman–Crippen LogP) is 3.43. The summed E-state index contributed by atoms with van der Waals surface area (Å²) < 4.78 is 5.78. The van der Waals surface area contributed by atoms with Gasteiger partial charge in [0.1, 0.15) is 0 Å². The van der Waals surface area contributed by atoms with Crippen LogP contribution in [0.15, 0.2) is 24.4 Å². The van der Waals surface area contributed by atoms with E-state index in [0.29, 0.717) is 19.6 Å². The Labute approximate surface area is 137 Å². The number of benzene rings is 1. The summed E-state index contributed by atoms with van der Waals surface area (Å²) in [6.07, 6.45) is 3.35. The first-order chi connectivity index (χ1) is 10.9. The van der Waals surface area contributed by atoms with E-state index >= 15 is 0 Å². The first-order valence-corrected chi connectivity index (χ1v) is 8.38. The summed E-state index contributed by atoms with van der Waals surface area (Å²) in [5.74, 6) is 0.218. The second-order valence-corrected chi connectivity index (χ2v) is 7.08. The van der Waals surface area contributed by atoms with E-state index in [-0.39, 0.29) is 17.6 Å². The lowest BCUT2D eigenvalue weighted by Gasteiger charge is -2.44. The molecule has 0 bridgehead atoms. The van der Waals surface area contributed by atoms with Gasteiger partial charge in [-0.15, -0.1) is 0 Å². The van der Waals surface area contributed by atoms with Crippen molar-refractivity contribution >= 4 is 16.8 Å². The Morgan fingerprint density at radius 3 is 3.00 bits per heavy atom. The van der Waals surface area contributed by atoms with Crippen molar-refractivity contribution in [2.75, 3.05) is 13.2 Å². The standard InChI is InChI=1S/C19H26N2O2/c1-13-5-7-17-16(11-13)15(12-20-17)6-8-18(22)21-9-10-23-19(3,4)14(21)2/h5,7,11-12,14,20H,6,8-10H2,1-4H3. The van der Waals surface area contributed by atoms with Crippen LogP contribution in [0.2, 0.25) is 0 Å². The van der Waals surface area contributed by atoms with Crippen LogP contribution in [-0.2, 0) is 16.0 Å². The van der Waals surface area contributed by atoms with Crippen LogP contribution >= 0.6 is 0 Å². The molecule has 0 spiro atoms. The average molecular weight is 314 g/mol. The lowest BCUT2D eigenvalue weighted by Crippen LogP contribution is -2.57. The number of nitrogens with one attached hydrogen (secondary N) is 1. The van der Waals surface area contributed by atoms with Crippen molar-refractivity contribution in [1.29, 1.82) is 0 Å². The molecule has 1 N–H and O–H groups in total. The number of aromatic nitrogens is 1. The molecule has 1 amide bonds. The molecule has 1 atom stereocenters. The molecule has 0 radical (unpaired) electrons. The number of rotatable bonds is 3. The zero-order valence-electron chi connectivity index (χ0n) is 14.5. The van der Waals surface area contributed by atoms with Gasteiger partial charge >= 0.3 is 0 Å². The molecule has 1 unspecified atom stereocenters. The number of carbonyl (C=O) groups excluding carboxylic acids is 1. The summed E-state index contributed by atoms with van der Waals surface area (Å²) in [4.78, 5) is 17.9. The molecular formula is C19H26N2O2. The molecule has 4 nitrogen and oxygen atoms in total. The molecule has 2 heterocycles. The van der Waals surface area contributed by atoms with Gasteiger partial charge in [0.15, 0.2) is 0 Å². The molecule has 1 aromatic heterocycles. The predicted molar refractivity (Wildman–Crippen MR) is 92.6 cm³/mol. The highest BCUT2D eigenvalue weighted by Crippen LogP contribution is 2.26. The Kier molecular flexibility index (Phi) is 4.19. The Bertz CT molecular complexity index is 717. The average Bonchev–Trinajstić information content (AvgIpc) is 2.90. The fourth-order valence-corrected chi connectivity index (χ4v) is 3.32. The summed E-state index contributed by atoms with van der Waals surface area (Å²) in [7, 11) is 0. The van der Waals surface area contributed by atoms with Gasteiger partial charge in [-0.1, -0.05) is 11.6 Å². The van der Waals surface area contributed by atoms with Gasteiger partial charge in [0.25, 0.3) is 0 Å². The fourth-order valence-electron chi connectivity index (χ4n) is 3.32. The number of carbonyl (C=O) groups is 1. The van der Waals surface area contributed by atoms with Gasteiger partial charge in [-0.25, -0.2) is 0 Å². The third kappa shape index (κ3) is 3.13. The largest absolute Gasteiger partial charge is 0.372 e. The lowest BCUT2D eigenvalue weighted by atomic mass is 9.96. The van der Waals surface area contributed by atoms with Gasteiger partial charge in [0.05, 0.1) is 18.2 Å². The SMILES string of the molecule is Cc1ccc2[nH]cc(CCC(=O)N3CCOC(C)(C)C3C)c2c1. The van der Waals surface area contributed by atoms with Crippen LogP contribution < -0.4 is 0 Å². The topological polar surface area (TPSA) is 45.3 Å². The quantitative estimate of drug-likeness (QED) is 0.943. The van der Waals surface area contributed by atoms with Crippen LogP contribution in [0.5, 0.6) is 0 Å². The highest BCUT2D eigenvalue weighted by molar-refractivity contribution is 5.85. The van der Waals surface area contributed by atoms with Crippen molar-refractivity contribution in [2.24, 2.45) is 0 Å². The van der Waals surface area contributed by atoms with E-state index in [2.05, 4.69) is 50.9 Å². The van der Waals surface area contributed by atoms with Crippen LogP contribution in [0.25, 0.3) is 10.9 Å². The fraction of sp³-hybridized carbons (Fsp3) is 0.526. The highest BCUT2D eigenvalue weighted by atomic mass is 16.5. The van der Waals surface area contributed by atoms with Crippen molar-refractivity contribution in [3.05, 3.63) is 35.5 Å². The van der Waals surface area contributed by atoms with Crippen LogP contribution in [0.3, 0.4) is 0 Å². The first kappa shape index (κ1) is 16.1. The van der Waals surface area contributed by atoms with Crippen LogP contribution in [0.1, 0.15) is 38.3 Å². The number of fused-ring (bicyclic) bond motifs is 1. The molecule has 124 valence electrons. The summed E-state index contributed by atoms with van der Waals surface area (Å²) in [5, 5.41) is 1.23. The van der Waals surface area contributed by atoms with E-state index in [1.165, 1.54) is 16.5 Å². The smallest absolute Gasteiger partial charge is 0.223 e. The highest BCUT2D eigenvalue weighted by Gasteiger charge is 2.37. The Hall–Kier alpha value is -1.81. The minimum atomic E-state index is -0.272. The number of morpholine rings is 1. The van der Waals surface area contributed by atoms with E-state index in [4.69, 9.17) is 4.74 Å². The number of ether oxygens (including phenoxy) is 1. The van der Waals surface area contributed by atoms with E-state index in [9.17, 15) is 4.79 Å². The molecule has 1 saturated heterocycles. The van der Waals surface area contributed by atoms with E-state index in [1.807, 2.05) is 11.1 Å². The molecule has 23 heavy (non-hydrogen) atoms. The Balaban J connectivity index is 1.70. The van der Waals surface area contributed by atoms with Gasteiger partial charge in [-0.3, -0.25) is 4.79 Å². The molecule has 3 rings (SSSR count). The molecule has 4 heteroatoms. The summed E-state index contributed by atoms with van der Waals surface area (Å²) >= 11 is 0. The van der Waals surface area contributed by atoms with Gasteiger partial charge < -0.3 is 14.6 Å². The number of hydrogen-bond donors (Lipinski definition) is 1. The molecular weight excluding hydrogens is 288 g/mol. The minimum Gasteiger partial charge on any atom is -0.372 e. The second kappa shape index (κ2) is 6.00. The Morgan fingerprint density at radius 1 is 1.43 bits per heavy atom. The zero-order chi connectivity index (χ0) is 16.6. The van der Waals surface area contributed by atoms with Crippen molar-refractivity contribution in [1.82, 2.24) is 9.88 Å². The monoisotopic (exact) mass is 314 g/mol. The van der Waals surface area contributed by atoms with E-state index in [0.717, 1.165) is 11.9 Å². The molecule has 1 aliphatic heterocycles. The number of nitrogens with zero attached hydrogens (tertiary/aromatic N) is 1.